The van der Waals surface area contributed by atoms with Crippen molar-refractivity contribution < 1.29 is 14.7 Å². The van der Waals surface area contributed by atoms with Crippen molar-refractivity contribution >= 4 is 11.9 Å². The fourth-order valence-electron chi connectivity index (χ4n) is 2.43. The van der Waals surface area contributed by atoms with Crippen molar-refractivity contribution in [2.24, 2.45) is 5.92 Å². The van der Waals surface area contributed by atoms with E-state index < -0.39 is 17.4 Å². The number of carbonyl (C=O) groups excluding carboxylic acids is 1. The van der Waals surface area contributed by atoms with Crippen LogP contribution in [0.15, 0.2) is 24.3 Å². The van der Waals surface area contributed by atoms with Gasteiger partial charge in [0.25, 0.3) is 0 Å². The van der Waals surface area contributed by atoms with Crippen molar-refractivity contribution in [2.45, 2.75) is 52.5 Å². The lowest BCUT2D eigenvalue weighted by Gasteiger charge is -2.28. The fraction of sp³-hybridized carbons (Fsp3) is 0.529. The molecule has 1 aromatic carbocycles. The molecule has 0 aliphatic rings. The number of hydrogen-bond donors (Lipinski definition) is 2. The van der Waals surface area contributed by atoms with Gasteiger partial charge in [0.2, 0.25) is 5.91 Å². The Morgan fingerprint density at radius 1 is 1.24 bits per heavy atom. The van der Waals surface area contributed by atoms with Gasteiger partial charge in [-0.15, -0.1) is 0 Å². The van der Waals surface area contributed by atoms with Crippen LogP contribution >= 0.6 is 0 Å². The Hall–Kier alpha value is -1.84. The van der Waals surface area contributed by atoms with Crippen molar-refractivity contribution in [3.8, 4) is 0 Å². The summed E-state index contributed by atoms with van der Waals surface area (Å²) >= 11 is 0. The summed E-state index contributed by atoms with van der Waals surface area (Å²) in [5.41, 5.74) is 1.17. The van der Waals surface area contributed by atoms with Crippen molar-refractivity contribution in [2.75, 3.05) is 0 Å². The highest BCUT2D eigenvalue weighted by Gasteiger charge is 2.33. The number of amides is 1. The van der Waals surface area contributed by atoms with Crippen molar-refractivity contribution in [1.29, 1.82) is 0 Å². The lowest BCUT2D eigenvalue weighted by Crippen LogP contribution is -2.49. The van der Waals surface area contributed by atoms with Crippen LogP contribution in [0, 0.1) is 12.8 Å². The van der Waals surface area contributed by atoms with E-state index in [2.05, 4.69) is 5.32 Å². The van der Waals surface area contributed by atoms with Crippen LogP contribution in [0.1, 0.15) is 45.2 Å². The summed E-state index contributed by atoms with van der Waals surface area (Å²) in [6.45, 7) is 9.47. The second kappa shape index (κ2) is 6.74. The molecule has 4 heteroatoms. The maximum atomic E-state index is 12.5. The first kappa shape index (κ1) is 17.2. The average molecular weight is 291 g/mol. The van der Waals surface area contributed by atoms with E-state index in [9.17, 15) is 14.7 Å². The summed E-state index contributed by atoms with van der Waals surface area (Å²) in [5.74, 6) is -1.05. The zero-order valence-electron chi connectivity index (χ0n) is 13.4. The summed E-state index contributed by atoms with van der Waals surface area (Å²) < 4.78 is 0. The van der Waals surface area contributed by atoms with Gasteiger partial charge in [-0.05, 0) is 44.2 Å². The second-order valence-electron chi connectivity index (χ2n) is 6.43. The Morgan fingerprint density at radius 2 is 1.81 bits per heavy atom. The van der Waals surface area contributed by atoms with Crippen molar-refractivity contribution in [1.82, 2.24) is 5.32 Å². The maximum absolute atomic E-state index is 12.5. The van der Waals surface area contributed by atoms with Gasteiger partial charge >= 0.3 is 5.97 Å². The zero-order chi connectivity index (χ0) is 16.2. The fourth-order valence-corrected chi connectivity index (χ4v) is 2.43. The van der Waals surface area contributed by atoms with Gasteiger partial charge in [-0.25, -0.2) is 4.79 Å². The highest BCUT2D eigenvalue weighted by molar-refractivity contribution is 5.91. The average Bonchev–Trinajstić information content (AvgIpc) is 2.37. The van der Waals surface area contributed by atoms with E-state index in [1.807, 2.05) is 58.9 Å². The van der Waals surface area contributed by atoms with Gasteiger partial charge in [-0.3, -0.25) is 4.79 Å². The van der Waals surface area contributed by atoms with E-state index in [1.165, 1.54) is 0 Å². The molecule has 0 aromatic heterocycles. The minimum absolute atomic E-state index is 0.202. The number of carboxylic acids is 1. The number of rotatable bonds is 6. The molecule has 2 N–H and O–H groups in total. The van der Waals surface area contributed by atoms with Crippen molar-refractivity contribution in [3.63, 3.8) is 0 Å². The molecule has 21 heavy (non-hydrogen) atoms. The second-order valence-corrected chi connectivity index (χ2v) is 6.43. The largest absolute Gasteiger partial charge is 0.480 e. The first-order chi connectivity index (χ1) is 9.66. The van der Waals surface area contributed by atoms with Crippen molar-refractivity contribution in [3.05, 3.63) is 35.4 Å². The highest BCUT2D eigenvalue weighted by atomic mass is 16.4. The predicted molar refractivity (Wildman–Crippen MR) is 83.2 cm³/mol. The molecule has 1 atom stereocenters. The topological polar surface area (TPSA) is 66.4 Å². The third kappa shape index (κ3) is 4.31. The van der Waals surface area contributed by atoms with E-state index in [1.54, 1.807) is 0 Å². The van der Waals surface area contributed by atoms with Gasteiger partial charge in [0.1, 0.15) is 6.04 Å². The van der Waals surface area contributed by atoms with E-state index in [4.69, 9.17) is 0 Å². The number of carboxylic acid groups (broad SMARTS) is 1. The van der Waals surface area contributed by atoms with Crippen LogP contribution in [0.4, 0.5) is 0 Å². The first-order valence-corrected chi connectivity index (χ1v) is 7.26. The number of nitrogens with one attached hydrogen (secondary N) is 1. The normalized spacial score (nSPS) is 13.0. The van der Waals surface area contributed by atoms with Crippen LogP contribution in [0.2, 0.25) is 0 Å². The number of benzene rings is 1. The molecule has 1 aromatic rings. The van der Waals surface area contributed by atoms with E-state index in [-0.39, 0.29) is 11.8 Å². The Bertz CT molecular complexity index is 521. The molecule has 0 fully saturated rings. The molecular formula is C17H25NO3. The highest BCUT2D eigenvalue weighted by Crippen LogP contribution is 2.26. The maximum Gasteiger partial charge on any atom is 0.326 e. The third-order valence-electron chi connectivity index (χ3n) is 3.70. The van der Waals surface area contributed by atoms with Gasteiger partial charge < -0.3 is 10.4 Å². The molecule has 0 radical (unpaired) electrons. The monoisotopic (exact) mass is 291 g/mol. The first-order valence-electron chi connectivity index (χ1n) is 7.26. The molecule has 1 amide bonds. The molecule has 0 saturated heterocycles. The predicted octanol–water partition coefficient (Wildman–Crippen LogP) is 2.89. The van der Waals surface area contributed by atoms with E-state index in [0.717, 1.165) is 11.1 Å². The summed E-state index contributed by atoms with van der Waals surface area (Å²) in [4.78, 5) is 23.8. The lowest BCUT2D eigenvalue weighted by atomic mass is 9.81. The number of aliphatic carboxylic acids is 1. The number of aryl methyl sites for hydroxylation is 1. The smallest absolute Gasteiger partial charge is 0.326 e. The van der Waals surface area contributed by atoms with Crippen LogP contribution in [0.5, 0.6) is 0 Å². The summed E-state index contributed by atoms with van der Waals surface area (Å²) in [6, 6.07) is 6.83. The molecule has 0 spiro atoms. The summed E-state index contributed by atoms with van der Waals surface area (Å²) in [7, 11) is 0. The van der Waals surface area contributed by atoms with Gasteiger partial charge in [-0.1, -0.05) is 38.1 Å². The van der Waals surface area contributed by atoms with E-state index in [0.29, 0.717) is 6.42 Å². The Kier molecular flexibility index (Phi) is 5.53. The van der Waals surface area contributed by atoms with Gasteiger partial charge in [0.15, 0.2) is 0 Å². The molecule has 4 nitrogen and oxygen atoms in total. The SMILES string of the molecule is Cc1ccccc1C(C)(C)C(=O)N[C@H](CC(C)C)C(=O)O. The molecule has 0 aliphatic carbocycles. The Labute approximate surface area is 126 Å². The Balaban J connectivity index is 2.95. The minimum atomic E-state index is -0.988. The van der Waals surface area contributed by atoms with Gasteiger partial charge in [0.05, 0.1) is 5.41 Å². The minimum Gasteiger partial charge on any atom is -0.480 e. The molecule has 0 heterocycles. The van der Waals surface area contributed by atoms with Crippen LogP contribution in [0.3, 0.4) is 0 Å². The van der Waals surface area contributed by atoms with Crippen LogP contribution in [0.25, 0.3) is 0 Å². The Morgan fingerprint density at radius 3 is 2.29 bits per heavy atom. The quantitative estimate of drug-likeness (QED) is 0.847. The molecule has 0 saturated carbocycles. The van der Waals surface area contributed by atoms with Crippen LogP contribution in [-0.4, -0.2) is 23.0 Å². The molecule has 0 aliphatic heterocycles. The third-order valence-corrected chi connectivity index (χ3v) is 3.70. The zero-order valence-corrected chi connectivity index (χ0v) is 13.4. The molecule has 116 valence electrons. The van der Waals surface area contributed by atoms with Crippen LogP contribution in [-0.2, 0) is 15.0 Å². The van der Waals surface area contributed by atoms with Crippen LogP contribution < -0.4 is 5.32 Å². The summed E-state index contributed by atoms with van der Waals surface area (Å²) in [5, 5.41) is 11.9. The lowest BCUT2D eigenvalue weighted by molar-refractivity contribution is -0.143. The summed E-state index contributed by atoms with van der Waals surface area (Å²) in [6.07, 6.45) is 0.422. The molecule has 0 unspecified atom stereocenters. The van der Waals surface area contributed by atoms with Gasteiger partial charge in [0, 0.05) is 0 Å². The molecular weight excluding hydrogens is 266 g/mol. The molecule has 0 bridgehead atoms. The number of carbonyl (C=O) groups is 2. The van der Waals surface area contributed by atoms with Gasteiger partial charge in [-0.2, -0.15) is 0 Å². The standard InChI is InChI=1S/C17H25NO3/c1-11(2)10-14(15(19)20)18-16(21)17(4,5)13-9-7-6-8-12(13)3/h6-9,11,14H,10H2,1-5H3,(H,18,21)(H,19,20)/t14-/m1/s1. The molecule has 1 rings (SSSR count). The van der Waals surface area contributed by atoms with E-state index >= 15 is 0 Å². The number of hydrogen-bond acceptors (Lipinski definition) is 2.